The van der Waals surface area contributed by atoms with Crippen LogP contribution in [-0.2, 0) is 18.6 Å². The summed E-state index contributed by atoms with van der Waals surface area (Å²) in [5.74, 6) is 2.80. The second-order valence-electron chi connectivity index (χ2n) is 6.87. The Morgan fingerprint density at radius 2 is 1.80 bits per heavy atom. The molecule has 3 rings (SSSR count). The Balaban J connectivity index is 0.00000320. The average molecular weight is 525 g/mol. The van der Waals surface area contributed by atoms with Gasteiger partial charge in [-0.05, 0) is 48.9 Å². The zero-order chi connectivity index (χ0) is 20.5. The van der Waals surface area contributed by atoms with Crippen LogP contribution in [0.25, 0.3) is 0 Å². The van der Waals surface area contributed by atoms with Crippen LogP contribution in [0.1, 0.15) is 24.0 Å². The van der Waals surface area contributed by atoms with Crippen LogP contribution in [0.15, 0.2) is 74.9 Å². The number of aliphatic imine (C=N–C) groups is 1. The number of hydrogen-bond acceptors (Lipinski definition) is 5. The summed E-state index contributed by atoms with van der Waals surface area (Å²) >= 11 is 0. The first kappa shape index (κ1) is 23.8. The van der Waals surface area contributed by atoms with Gasteiger partial charge in [0.15, 0.2) is 5.96 Å². The van der Waals surface area contributed by atoms with E-state index in [-0.39, 0.29) is 30.5 Å². The van der Waals surface area contributed by atoms with Crippen molar-refractivity contribution in [1.29, 1.82) is 0 Å². The van der Waals surface area contributed by atoms with Gasteiger partial charge in [-0.25, -0.2) is 4.99 Å². The zero-order valence-corrected chi connectivity index (χ0v) is 19.5. The molecule has 3 aromatic rings. The van der Waals surface area contributed by atoms with Gasteiger partial charge in [0, 0.05) is 13.0 Å². The number of guanidine groups is 1. The number of furan rings is 2. The van der Waals surface area contributed by atoms with Crippen LogP contribution < -0.4 is 15.4 Å². The fraction of sp³-hybridized carbons (Fsp3) is 0.318. The van der Waals surface area contributed by atoms with Gasteiger partial charge < -0.3 is 29.3 Å². The third-order valence-electron chi connectivity index (χ3n) is 4.47. The number of hydrogen-bond donors (Lipinski definition) is 3. The van der Waals surface area contributed by atoms with E-state index in [0.29, 0.717) is 24.8 Å². The third kappa shape index (κ3) is 7.10. The van der Waals surface area contributed by atoms with E-state index in [1.165, 1.54) is 0 Å². The molecule has 0 amide bonds. The van der Waals surface area contributed by atoms with Gasteiger partial charge in [0.2, 0.25) is 0 Å². The van der Waals surface area contributed by atoms with Gasteiger partial charge in [-0.2, -0.15) is 0 Å². The molecular formula is C22H28IN3O4. The molecule has 0 fully saturated rings. The van der Waals surface area contributed by atoms with Crippen LogP contribution in [0.4, 0.5) is 0 Å². The molecule has 1 aromatic carbocycles. The lowest BCUT2D eigenvalue weighted by atomic mass is 10.0. The van der Waals surface area contributed by atoms with Crippen molar-refractivity contribution in [2.75, 3.05) is 20.2 Å². The van der Waals surface area contributed by atoms with E-state index >= 15 is 0 Å². The minimum Gasteiger partial charge on any atom is -0.497 e. The van der Waals surface area contributed by atoms with Crippen LogP contribution in [0.3, 0.4) is 0 Å². The summed E-state index contributed by atoms with van der Waals surface area (Å²) in [6.45, 7) is 3.08. The molecule has 7 nitrogen and oxygen atoms in total. The molecule has 30 heavy (non-hydrogen) atoms. The number of halogens is 1. The molecule has 0 saturated heterocycles. The molecule has 3 N–H and O–H groups in total. The molecule has 0 aliphatic heterocycles. The van der Waals surface area contributed by atoms with Crippen LogP contribution in [0.5, 0.6) is 5.75 Å². The van der Waals surface area contributed by atoms with E-state index in [2.05, 4.69) is 15.6 Å². The fourth-order valence-electron chi connectivity index (χ4n) is 2.76. The summed E-state index contributed by atoms with van der Waals surface area (Å²) in [5, 5.41) is 17.2. The molecule has 2 heterocycles. The predicted octanol–water partition coefficient (Wildman–Crippen LogP) is 3.68. The maximum Gasteiger partial charge on any atom is 0.191 e. The number of nitrogens with one attached hydrogen (secondary N) is 2. The van der Waals surface area contributed by atoms with Gasteiger partial charge in [-0.15, -0.1) is 24.0 Å². The van der Waals surface area contributed by atoms with Crippen LogP contribution in [0.2, 0.25) is 0 Å². The Morgan fingerprint density at radius 1 is 1.07 bits per heavy atom. The summed E-state index contributed by atoms with van der Waals surface area (Å²) < 4.78 is 15.9. The highest BCUT2D eigenvalue weighted by molar-refractivity contribution is 14.0. The van der Waals surface area contributed by atoms with Crippen molar-refractivity contribution in [1.82, 2.24) is 10.6 Å². The summed E-state index contributed by atoms with van der Waals surface area (Å²) in [7, 11) is 1.64. The first-order chi connectivity index (χ1) is 14.1. The SMILES string of the molecule is COc1ccc(CN=C(NCCc2ccco2)NCC(C)(O)c2ccco2)cc1.I. The van der Waals surface area contributed by atoms with Gasteiger partial charge in [0.25, 0.3) is 0 Å². The van der Waals surface area contributed by atoms with Crippen molar-refractivity contribution >= 4 is 29.9 Å². The monoisotopic (exact) mass is 525 g/mol. The number of nitrogens with zero attached hydrogens (tertiary/aromatic N) is 1. The highest BCUT2D eigenvalue weighted by Gasteiger charge is 2.26. The molecule has 0 saturated carbocycles. The summed E-state index contributed by atoms with van der Waals surface area (Å²) in [6, 6.07) is 15.1. The highest BCUT2D eigenvalue weighted by Crippen LogP contribution is 2.19. The van der Waals surface area contributed by atoms with Gasteiger partial charge in [-0.1, -0.05) is 12.1 Å². The second kappa shape index (κ2) is 11.7. The standard InChI is InChI=1S/C22H27N3O4.HI/c1-22(26,20-6-4-14-29-20)16-25-21(23-12-11-19-5-3-13-28-19)24-15-17-7-9-18(27-2)10-8-17;/h3-10,13-14,26H,11-12,15-16H2,1-2H3,(H2,23,24,25);1H. The maximum absolute atomic E-state index is 10.7. The van der Waals surface area contributed by atoms with Gasteiger partial charge in [-0.3, -0.25) is 0 Å². The number of aliphatic hydroxyl groups is 1. The maximum atomic E-state index is 10.7. The molecule has 0 spiro atoms. The first-order valence-corrected chi connectivity index (χ1v) is 9.51. The molecular weight excluding hydrogens is 497 g/mol. The van der Waals surface area contributed by atoms with Crippen LogP contribution >= 0.6 is 24.0 Å². The lowest BCUT2D eigenvalue weighted by Gasteiger charge is -2.23. The van der Waals surface area contributed by atoms with Crippen molar-refractivity contribution in [3.63, 3.8) is 0 Å². The molecule has 0 radical (unpaired) electrons. The van der Waals surface area contributed by atoms with Crippen molar-refractivity contribution in [2.45, 2.75) is 25.5 Å². The van der Waals surface area contributed by atoms with E-state index in [4.69, 9.17) is 13.6 Å². The summed E-state index contributed by atoms with van der Waals surface area (Å²) in [6.07, 6.45) is 3.93. The van der Waals surface area contributed by atoms with Crippen molar-refractivity contribution in [3.8, 4) is 5.75 Å². The summed E-state index contributed by atoms with van der Waals surface area (Å²) in [4.78, 5) is 4.63. The quantitative estimate of drug-likeness (QED) is 0.224. The second-order valence-corrected chi connectivity index (χ2v) is 6.87. The Labute approximate surface area is 193 Å². The highest BCUT2D eigenvalue weighted by atomic mass is 127. The normalized spacial score (nSPS) is 13.2. The molecule has 0 aliphatic rings. The van der Waals surface area contributed by atoms with E-state index in [0.717, 1.165) is 23.5 Å². The molecule has 1 atom stereocenters. The number of rotatable bonds is 9. The molecule has 1 unspecified atom stereocenters. The fourth-order valence-corrected chi connectivity index (χ4v) is 2.76. The minimum atomic E-state index is -1.16. The average Bonchev–Trinajstić information content (AvgIpc) is 3.44. The molecule has 2 aromatic heterocycles. The molecule has 0 aliphatic carbocycles. The van der Waals surface area contributed by atoms with Crippen molar-refractivity contribution in [2.24, 2.45) is 4.99 Å². The Morgan fingerprint density at radius 3 is 2.43 bits per heavy atom. The smallest absolute Gasteiger partial charge is 0.191 e. The topological polar surface area (TPSA) is 92.2 Å². The van der Waals surface area contributed by atoms with Gasteiger partial charge >= 0.3 is 0 Å². The molecule has 162 valence electrons. The third-order valence-corrected chi connectivity index (χ3v) is 4.47. The van der Waals surface area contributed by atoms with Crippen LogP contribution in [0, 0.1) is 0 Å². The Kier molecular flexibility index (Phi) is 9.25. The zero-order valence-electron chi connectivity index (χ0n) is 17.1. The van der Waals surface area contributed by atoms with E-state index < -0.39 is 5.60 Å². The van der Waals surface area contributed by atoms with Crippen LogP contribution in [-0.4, -0.2) is 31.3 Å². The van der Waals surface area contributed by atoms with Gasteiger partial charge in [0.1, 0.15) is 22.9 Å². The van der Waals surface area contributed by atoms with Gasteiger partial charge in [0.05, 0.1) is 32.7 Å². The molecule has 8 heteroatoms. The lowest BCUT2D eigenvalue weighted by molar-refractivity contribution is 0.0386. The number of ether oxygens (including phenoxy) is 1. The van der Waals surface area contributed by atoms with Crippen molar-refractivity contribution < 1.29 is 18.7 Å². The largest absolute Gasteiger partial charge is 0.497 e. The van der Waals surface area contributed by atoms with E-state index in [9.17, 15) is 5.11 Å². The first-order valence-electron chi connectivity index (χ1n) is 9.51. The predicted molar refractivity (Wildman–Crippen MR) is 126 cm³/mol. The lowest BCUT2D eigenvalue weighted by Crippen LogP contribution is -2.45. The van der Waals surface area contributed by atoms with Crippen molar-refractivity contribution in [3.05, 3.63) is 78.1 Å². The minimum absolute atomic E-state index is 0. The summed E-state index contributed by atoms with van der Waals surface area (Å²) in [5.41, 5.74) is -0.108. The van der Waals surface area contributed by atoms with E-state index in [1.807, 2.05) is 36.4 Å². The number of benzene rings is 1. The molecule has 0 bridgehead atoms. The number of methoxy groups -OCH3 is 1. The van der Waals surface area contributed by atoms with E-state index in [1.54, 1.807) is 38.7 Å². The Bertz CT molecular complexity index is 876. The Hall–Kier alpha value is -2.46.